The van der Waals surface area contributed by atoms with Crippen LogP contribution in [0.1, 0.15) is 35.7 Å². The van der Waals surface area contributed by atoms with Crippen molar-refractivity contribution in [2.45, 2.75) is 44.2 Å². The summed E-state index contributed by atoms with van der Waals surface area (Å²) in [5.74, 6) is -1.72. The van der Waals surface area contributed by atoms with Crippen LogP contribution < -0.4 is 5.32 Å². The van der Waals surface area contributed by atoms with Crippen LogP contribution in [-0.2, 0) is 34.0 Å². The van der Waals surface area contributed by atoms with Crippen molar-refractivity contribution >= 4 is 43.9 Å². The van der Waals surface area contributed by atoms with Gasteiger partial charge in [0.1, 0.15) is 21.5 Å². The average Bonchev–Trinajstić information content (AvgIpc) is 3.22. The van der Waals surface area contributed by atoms with E-state index in [2.05, 4.69) is 26.2 Å². The molecule has 0 bridgehead atoms. The second kappa shape index (κ2) is 8.16. The SMILES string of the molecule is O=C(Cc1[nH]c(=S)n2c1C[C@H](c1c(F)ccc(Br)c1F)C2)NC1CCS(=O)(=O)CC1. The highest BCUT2D eigenvalue weighted by Crippen LogP contribution is 2.36. The van der Waals surface area contributed by atoms with Gasteiger partial charge in [-0.2, -0.15) is 0 Å². The van der Waals surface area contributed by atoms with E-state index in [0.29, 0.717) is 36.3 Å². The summed E-state index contributed by atoms with van der Waals surface area (Å²) < 4.78 is 54.3. The molecular formula is C19H20BrF2N3O3S2. The molecule has 4 rings (SSSR count). The lowest BCUT2D eigenvalue weighted by Gasteiger charge is -2.23. The first-order chi connectivity index (χ1) is 14.1. The topological polar surface area (TPSA) is 84.0 Å². The molecule has 0 radical (unpaired) electrons. The molecule has 1 saturated heterocycles. The van der Waals surface area contributed by atoms with Gasteiger partial charge in [-0.05, 0) is 59.5 Å². The predicted octanol–water partition coefficient (Wildman–Crippen LogP) is 3.16. The number of hydrogen-bond acceptors (Lipinski definition) is 4. The fourth-order valence-electron chi connectivity index (χ4n) is 4.23. The summed E-state index contributed by atoms with van der Waals surface area (Å²) in [6, 6.07) is 2.40. The number of aromatic nitrogens is 2. The van der Waals surface area contributed by atoms with E-state index in [1.807, 2.05) is 0 Å². The van der Waals surface area contributed by atoms with Gasteiger partial charge in [0.05, 0.1) is 22.4 Å². The third kappa shape index (κ3) is 4.24. The van der Waals surface area contributed by atoms with Gasteiger partial charge in [-0.3, -0.25) is 4.79 Å². The molecule has 30 heavy (non-hydrogen) atoms. The highest BCUT2D eigenvalue weighted by atomic mass is 79.9. The number of nitrogens with zero attached hydrogens (tertiary/aromatic N) is 1. The Morgan fingerprint density at radius 1 is 1.30 bits per heavy atom. The van der Waals surface area contributed by atoms with Gasteiger partial charge in [-0.15, -0.1) is 0 Å². The summed E-state index contributed by atoms with van der Waals surface area (Å²) >= 11 is 8.45. The molecule has 162 valence electrons. The quantitative estimate of drug-likeness (QED) is 0.480. The lowest BCUT2D eigenvalue weighted by molar-refractivity contribution is -0.121. The van der Waals surface area contributed by atoms with Crippen LogP contribution in [0.3, 0.4) is 0 Å². The van der Waals surface area contributed by atoms with Crippen molar-refractivity contribution in [1.29, 1.82) is 0 Å². The molecule has 2 N–H and O–H groups in total. The van der Waals surface area contributed by atoms with E-state index >= 15 is 0 Å². The number of fused-ring (bicyclic) bond motifs is 1. The van der Waals surface area contributed by atoms with Gasteiger partial charge in [-0.25, -0.2) is 17.2 Å². The maximum Gasteiger partial charge on any atom is 0.226 e. The van der Waals surface area contributed by atoms with Crippen LogP contribution in [0, 0.1) is 16.4 Å². The molecule has 11 heteroatoms. The van der Waals surface area contributed by atoms with Crippen LogP contribution in [0.4, 0.5) is 8.78 Å². The number of aromatic amines is 1. The molecule has 1 fully saturated rings. The number of halogens is 3. The zero-order valence-electron chi connectivity index (χ0n) is 15.9. The van der Waals surface area contributed by atoms with E-state index in [0.717, 1.165) is 5.69 Å². The molecule has 1 aromatic carbocycles. The van der Waals surface area contributed by atoms with Crippen LogP contribution in [-0.4, -0.2) is 41.4 Å². The Morgan fingerprint density at radius 2 is 2.00 bits per heavy atom. The highest BCUT2D eigenvalue weighted by molar-refractivity contribution is 9.10. The molecule has 2 aliphatic heterocycles. The summed E-state index contributed by atoms with van der Waals surface area (Å²) in [7, 11) is -3.00. The van der Waals surface area contributed by atoms with Crippen molar-refractivity contribution in [1.82, 2.24) is 14.9 Å². The highest BCUT2D eigenvalue weighted by Gasteiger charge is 2.32. The number of hydrogen-bond donors (Lipinski definition) is 2. The first-order valence-corrected chi connectivity index (χ1v) is 12.6. The van der Waals surface area contributed by atoms with E-state index in [4.69, 9.17) is 12.2 Å². The number of carbonyl (C=O) groups is 1. The van der Waals surface area contributed by atoms with E-state index in [1.54, 1.807) is 4.57 Å². The number of imidazole rings is 1. The average molecular weight is 520 g/mol. The second-order valence-corrected chi connectivity index (χ2v) is 11.3. The van der Waals surface area contributed by atoms with Crippen molar-refractivity contribution in [3.05, 3.63) is 50.0 Å². The number of nitrogens with one attached hydrogen (secondary N) is 2. The molecule has 6 nitrogen and oxygen atoms in total. The van der Waals surface area contributed by atoms with Gasteiger partial charge in [-0.1, -0.05) is 0 Å². The van der Waals surface area contributed by atoms with Gasteiger partial charge in [0, 0.05) is 35.5 Å². The van der Waals surface area contributed by atoms with Gasteiger partial charge >= 0.3 is 0 Å². The zero-order valence-corrected chi connectivity index (χ0v) is 19.1. The van der Waals surface area contributed by atoms with Crippen molar-refractivity contribution in [2.75, 3.05) is 11.5 Å². The molecule has 0 unspecified atom stereocenters. The van der Waals surface area contributed by atoms with Crippen LogP contribution >= 0.6 is 28.1 Å². The largest absolute Gasteiger partial charge is 0.353 e. The Labute approximate surface area is 186 Å². The molecule has 0 spiro atoms. The van der Waals surface area contributed by atoms with Crippen LogP contribution in [0.25, 0.3) is 0 Å². The summed E-state index contributed by atoms with van der Waals surface area (Å²) in [6.07, 6.45) is 1.22. The first kappa shape index (κ1) is 21.6. The number of H-pyrrole nitrogens is 1. The molecule has 0 aliphatic carbocycles. The lowest BCUT2D eigenvalue weighted by atomic mass is 9.95. The van der Waals surface area contributed by atoms with Crippen molar-refractivity contribution in [2.24, 2.45) is 0 Å². The number of sulfone groups is 1. The number of rotatable bonds is 4. The summed E-state index contributed by atoms with van der Waals surface area (Å²) in [6.45, 7) is 0.330. The van der Waals surface area contributed by atoms with Gasteiger partial charge < -0.3 is 14.9 Å². The third-order valence-corrected chi connectivity index (χ3v) is 8.41. The molecule has 2 aromatic rings. The van der Waals surface area contributed by atoms with Crippen molar-refractivity contribution in [3.63, 3.8) is 0 Å². The van der Waals surface area contributed by atoms with Crippen LogP contribution in [0.5, 0.6) is 0 Å². The summed E-state index contributed by atoms with van der Waals surface area (Å²) in [5.41, 5.74) is 1.41. The number of carbonyl (C=O) groups excluding carboxylic acids is 1. The minimum Gasteiger partial charge on any atom is -0.353 e. The number of amides is 1. The lowest BCUT2D eigenvalue weighted by Crippen LogP contribution is -2.41. The Morgan fingerprint density at radius 3 is 2.70 bits per heavy atom. The predicted molar refractivity (Wildman–Crippen MR) is 114 cm³/mol. The monoisotopic (exact) mass is 519 g/mol. The minimum absolute atomic E-state index is 0.0151. The summed E-state index contributed by atoms with van der Waals surface area (Å²) in [5, 5.41) is 2.88. The maximum atomic E-state index is 14.5. The van der Waals surface area contributed by atoms with Crippen molar-refractivity contribution < 1.29 is 22.0 Å². The van der Waals surface area contributed by atoms with Gasteiger partial charge in [0.15, 0.2) is 4.77 Å². The van der Waals surface area contributed by atoms with Crippen LogP contribution in [0.2, 0.25) is 0 Å². The molecular weight excluding hydrogens is 500 g/mol. The fourth-order valence-corrected chi connectivity index (χ4v) is 6.37. The van der Waals surface area contributed by atoms with E-state index in [1.165, 1.54) is 12.1 Å². The van der Waals surface area contributed by atoms with Gasteiger partial charge in [0.2, 0.25) is 5.91 Å². The Balaban J connectivity index is 1.48. The zero-order chi connectivity index (χ0) is 21.6. The normalized spacial score (nSPS) is 20.8. The smallest absolute Gasteiger partial charge is 0.226 e. The molecule has 1 atom stereocenters. The van der Waals surface area contributed by atoms with E-state index in [-0.39, 0.29) is 39.9 Å². The molecule has 0 saturated carbocycles. The van der Waals surface area contributed by atoms with Gasteiger partial charge in [0.25, 0.3) is 0 Å². The van der Waals surface area contributed by atoms with E-state index < -0.39 is 27.4 Å². The van der Waals surface area contributed by atoms with Crippen LogP contribution in [0.15, 0.2) is 16.6 Å². The maximum absolute atomic E-state index is 14.5. The van der Waals surface area contributed by atoms with Crippen molar-refractivity contribution in [3.8, 4) is 0 Å². The number of benzene rings is 1. The second-order valence-electron chi connectivity index (χ2n) is 7.79. The Kier molecular flexibility index (Phi) is 5.88. The Hall–Kier alpha value is -1.59. The molecule has 1 amide bonds. The molecule has 3 heterocycles. The minimum atomic E-state index is -3.00. The van der Waals surface area contributed by atoms with E-state index in [9.17, 15) is 22.0 Å². The fraction of sp³-hybridized carbons (Fsp3) is 0.474. The first-order valence-electron chi connectivity index (χ1n) is 9.58. The molecule has 1 aromatic heterocycles. The Bertz CT molecular complexity index is 1160. The molecule has 2 aliphatic rings. The standard InChI is InChI=1S/C19H20BrF2N3O3S2/c20-12-1-2-13(21)17(18(12)22)10-7-15-14(24-19(29)25(15)9-10)8-16(26)23-11-3-5-30(27,28)6-4-11/h1-2,10-11H,3-9H2,(H,23,26)(H,24,29)/t10-/m0/s1. The third-order valence-electron chi connectivity index (χ3n) is 5.76. The summed E-state index contributed by atoms with van der Waals surface area (Å²) in [4.78, 5) is 15.5.